The van der Waals surface area contributed by atoms with Gasteiger partial charge in [-0.3, -0.25) is 4.99 Å². The van der Waals surface area contributed by atoms with Crippen LogP contribution in [0.4, 0.5) is 17.7 Å². The van der Waals surface area contributed by atoms with Gasteiger partial charge in [-0.2, -0.15) is 15.0 Å². The maximum Gasteiger partial charge on any atom is 0.230 e. The van der Waals surface area contributed by atoms with E-state index in [4.69, 9.17) is 26.6 Å². The molecule has 0 N–H and O–H groups in total. The quantitative estimate of drug-likeness (QED) is 0.492. The number of nitrogens with zero attached hydrogens (tertiary/aromatic N) is 8. The minimum atomic E-state index is 0.675. The summed E-state index contributed by atoms with van der Waals surface area (Å²) in [5.41, 5.74) is 2.00. The molecule has 0 atom stereocenters. The highest BCUT2D eigenvalue weighted by atomic mass is 35.5. The number of benzene rings is 1. The van der Waals surface area contributed by atoms with Crippen molar-refractivity contribution in [2.24, 2.45) is 4.99 Å². The molecular weight excluding hydrogens is 436 g/mol. The lowest BCUT2D eigenvalue weighted by molar-refractivity contribution is 0.632. The Morgan fingerprint density at radius 1 is 0.970 bits per heavy atom. The zero-order valence-electron chi connectivity index (χ0n) is 19.3. The fourth-order valence-corrected chi connectivity index (χ4v) is 4.11. The van der Waals surface area contributed by atoms with E-state index in [1.54, 1.807) is 13.2 Å². The first-order valence-electron chi connectivity index (χ1n) is 11.3. The van der Waals surface area contributed by atoms with Crippen molar-refractivity contribution in [2.75, 3.05) is 61.0 Å². The molecule has 8 nitrogen and oxygen atoms in total. The molecule has 0 spiro atoms. The monoisotopic (exact) mass is 464 g/mol. The topological polar surface area (TPSA) is 73.6 Å². The van der Waals surface area contributed by atoms with Gasteiger partial charge in [-0.25, -0.2) is 4.98 Å². The van der Waals surface area contributed by atoms with E-state index in [0.717, 1.165) is 56.2 Å². The summed E-state index contributed by atoms with van der Waals surface area (Å²) in [6.45, 7) is 9.03. The third kappa shape index (κ3) is 5.22. The lowest BCUT2D eigenvalue weighted by Gasteiger charge is -2.36. The van der Waals surface area contributed by atoms with E-state index >= 15 is 0 Å². The number of aliphatic imine (C=N–C) groups is 1. The smallest absolute Gasteiger partial charge is 0.230 e. The summed E-state index contributed by atoms with van der Waals surface area (Å²) in [6.07, 6.45) is 3.61. The van der Waals surface area contributed by atoms with Crippen molar-refractivity contribution in [1.82, 2.24) is 19.9 Å². The summed E-state index contributed by atoms with van der Waals surface area (Å²) in [6, 6.07) is 11.8. The van der Waals surface area contributed by atoms with Crippen molar-refractivity contribution in [2.45, 2.75) is 13.8 Å². The molecule has 3 heterocycles. The van der Waals surface area contributed by atoms with E-state index in [9.17, 15) is 0 Å². The molecule has 0 radical (unpaired) electrons. The Hall–Kier alpha value is -3.26. The van der Waals surface area contributed by atoms with Gasteiger partial charge in [0.25, 0.3) is 0 Å². The van der Waals surface area contributed by atoms with Gasteiger partial charge in [0.05, 0.1) is 5.02 Å². The second-order valence-electron chi connectivity index (χ2n) is 7.72. The highest BCUT2D eigenvalue weighted by Crippen LogP contribution is 2.26. The van der Waals surface area contributed by atoms with Gasteiger partial charge in [-0.1, -0.05) is 35.9 Å². The third-order valence-corrected chi connectivity index (χ3v) is 6.00. The fourth-order valence-electron chi connectivity index (χ4n) is 3.87. The number of hydrogen-bond donors (Lipinski definition) is 0. The Bertz CT molecular complexity index is 1090. The zero-order valence-corrected chi connectivity index (χ0v) is 20.1. The third-order valence-electron chi connectivity index (χ3n) is 5.71. The van der Waals surface area contributed by atoms with E-state index in [-0.39, 0.29) is 0 Å². The number of pyridine rings is 1. The van der Waals surface area contributed by atoms with Crippen LogP contribution in [-0.4, -0.2) is 72.5 Å². The fraction of sp³-hybridized carbons (Fsp3) is 0.375. The highest BCUT2D eigenvalue weighted by Gasteiger charge is 2.23. The summed E-state index contributed by atoms with van der Waals surface area (Å²) in [5.74, 6) is 2.91. The molecule has 0 bridgehead atoms. The lowest BCUT2D eigenvalue weighted by Crippen LogP contribution is -2.47. The molecule has 0 saturated carbocycles. The highest BCUT2D eigenvalue weighted by molar-refractivity contribution is 6.32. The Morgan fingerprint density at radius 3 is 2.30 bits per heavy atom. The van der Waals surface area contributed by atoms with Crippen LogP contribution in [0.15, 0.2) is 47.6 Å². The number of halogens is 1. The molecule has 1 aromatic carbocycles. The average Bonchev–Trinajstić information content (AvgIpc) is 2.86. The number of piperazine rings is 1. The zero-order chi connectivity index (χ0) is 23.2. The van der Waals surface area contributed by atoms with Crippen LogP contribution in [0.5, 0.6) is 0 Å². The van der Waals surface area contributed by atoms with Crippen LogP contribution in [0.25, 0.3) is 11.4 Å². The van der Waals surface area contributed by atoms with Crippen LogP contribution < -0.4 is 14.7 Å². The van der Waals surface area contributed by atoms with Gasteiger partial charge in [0.1, 0.15) is 5.82 Å². The maximum atomic E-state index is 6.35. The van der Waals surface area contributed by atoms with Gasteiger partial charge in [-0.15, -0.1) is 0 Å². The molecule has 3 aromatic rings. The van der Waals surface area contributed by atoms with Crippen LogP contribution in [0.3, 0.4) is 0 Å². The Morgan fingerprint density at radius 2 is 1.67 bits per heavy atom. The van der Waals surface area contributed by atoms with Gasteiger partial charge in [0.15, 0.2) is 5.82 Å². The summed E-state index contributed by atoms with van der Waals surface area (Å²) in [4.78, 5) is 29.6. The van der Waals surface area contributed by atoms with Crippen molar-refractivity contribution >= 4 is 35.5 Å². The summed E-state index contributed by atoms with van der Waals surface area (Å²) >= 11 is 6.35. The second kappa shape index (κ2) is 10.6. The van der Waals surface area contributed by atoms with Crippen LogP contribution >= 0.6 is 11.6 Å². The molecule has 0 amide bonds. The number of hydrogen-bond acceptors (Lipinski definition) is 8. The van der Waals surface area contributed by atoms with Gasteiger partial charge in [-0.05, 0) is 31.5 Å². The van der Waals surface area contributed by atoms with Crippen molar-refractivity contribution in [1.29, 1.82) is 0 Å². The molecular formula is C24H29ClN8. The van der Waals surface area contributed by atoms with Crippen molar-refractivity contribution in [3.8, 4) is 11.4 Å². The van der Waals surface area contributed by atoms with Crippen LogP contribution in [0, 0.1) is 0 Å². The number of aromatic nitrogens is 4. The molecule has 1 aliphatic rings. The summed E-state index contributed by atoms with van der Waals surface area (Å²) < 4.78 is 0. The van der Waals surface area contributed by atoms with E-state index in [1.807, 2.05) is 42.6 Å². The van der Waals surface area contributed by atoms with Crippen LogP contribution in [-0.2, 0) is 0 Å². The van der Waals surface area contributed by atoms with Crippen molar-refractivity contribution < 1.29 is 0 Å². The van der Waals surface area contributed by atoms with E-state index in [0.29, 0.717) is 22.7 Å². The van der Waals surface area contributed by atoms with E-state index in [2.05, 4.69) is 38.5 Å². The van der Waals surface area contributed by atoms with Gasteiger partial charge in [0.2, 0.25) is 11.9 Å². The number of anilines is 3. The second-order valence-corrected chi connectivity index (χ2v) is 8.13. The lowest BCUT2D eigenvalue weighted by atomic mass is 10.1. The van der Waals surface area contributed by atoms with Crippen molar-refractivity contribution in [3.63, 3.8) is 0 Å². The molecule has 1 aliphatic heterocycles. The molecule has 0 aliphatic carbocycles. The minimum Gasteiger partial charge on any atom is -0.352 e. The van der Waals surface area contributed by atoms with Crippen molar-refractivity contribution in [3.05, 3.63) is 53.2 Å². The average molecular weight is 465 g/mol. The minimum absolute atomic E-state index is 0.675. The largest absolute Gasteiger partial charge is 0.352 e. The molecule has 4 rings (SSSR count). The molecule has 33 heavy (non-hydrogen) atoms. The molecule has 1 fully saturated rings. The summed E-state index contributed by atoms with van der Waals surface area (Å²) in [5, 5.41) is 0.675. The number of rotatable bonds is 7. The molecule has 0 unspecified atom stereocenters. The molecule has 9 heteroatoms. The Kier molecular flexibility index (Phi) is 7.34. The van der Waals surface area contributed by atoms with Gasteiger partial charge >= 0.3 is 0 Å². The first kappa shape index (κ1) is 22.9. The summed E-state index contributed by atoms with van der Waals surface area (Å²) in [7, 11) is 1.77. The van der Waals surface area contributed by atoms with Crippen LogP contribution in [0.1, 0.15) is 19.4 Å². The Balaban J connectivity index is 1.61. The SMILES string of the molecule is CCN(CC)c1nc(-c2ccc(C=NC)cc2)nc(N2CCN(c3ncccc3Cl)CC2)n1. The van der Waals surface area contributed by atoms with Gasteiger partial charge < -0.3 is 14.7 Å². The predicted molar refractivity (Wildman–Crippen MR) is 136 cm³/mol. The maximum absolute atomic E-state index is 6.35. The van der Waals surface area contributed by atoms with Crippen LogP contribution in [0.2, 0.25) is 5.02 Å². The molecule has 172 valence electrons. The molecule has 1 saturated heterocycles. The van der Waals surface area contributed by atoms with E-state index in [1.165, 1.54) is 0 Å². The first-order chi connectivity index (χ1) is 16.1. The predicted octanol–water partition coefficient (Wildman–Crippen LogP) is 3.81. The normalized spacial score (nSPS) is 14.2. The molecule has 2 aromatic heterocycles. The first-order valence-corrected chi connectivity index (χ1v) is 11.6. The van der Waals surface area contributed by atoms with E-state index < -0.39 is 0 Å². The Labute approximate surface area is 200 Å². The van der Waals surface area contributed by atoms with Gasteiger partial charge in [0, 0.05) is 64.3 Å². The standard InChI is InChI=1S/C24H29ClN8/c1-4-31(5-2)23-28-21(19-10-8-18(9-11-19)17-26-3)29-24(30-23)33-15-13-32(14-16-33)22-20(25)7-6-12-27-22/h6-12,17H,4-5,13-16H2,1-3H3.